The van der Waals surface area contributed by atoms with E-state index in [2.05, 4.69) is 59.6 Å². The Labute approximate surface area is 142 Å². The van der Waals surface area contributed by atoms with Gasteiger partial charge < -0.3 is 4.90 Å². The summed E-state index contributed by atoms with van der Waals surface area (Å²) in [6.45, 7) is 10.5. The quantitative estimate of drug-likeness (QED) is 0.743. The highest BCUT2D eigenvalue weighted by Crippen LogP contribution is 2.29. The van der Waals surface area contributed by atoms with Crippen LogP contribution in [-0.4, -0.2) is 37.5 Å². The maximum atomic E-state index is 4.72. The molecule has 0 aromatic carbocycles. The van der Waals surface area contributed by atoms with E-state index in [4.69, 9.17) is 4.98 Å². The first-order valence-electron chi connectivity index (χ1n) is 8.65. The summed E-state index contributed by atoms with van der Waals surface area (Å²) in [4.78, 5) is 7.13. The van der Waals surface area contributed by atoms with E-state index in [0.717, 1.165) is 42.4 Å². The fourth-order valence-electron chi connectivity index (χ4n) is 3.60. The van der Waals surface area contributed by atoms with E-state index < -0.39 is 0 Å². The highest BCUT2D eigenvalue weighted by molar-refractivity contribution is 5.52. The minimum absolute atomic E-state index is 0.401. The Morgan fingerprint density at radius 2 is 2.04 bits per heavy atom. The summed E-state index contributed by atoms with van der Waals surface area (Å²) >= 11 is 0. The number of anilines is 1. The second kappa shape index (κ2) is 5.61. The van der Waals surface area contributed by atoms with Gasteiger partial charge in [-0.1, -0.05) is 13.8 Å². The van der Waals surface area contributed by atoms with Crippen molar-refractivity contribution in [3.05, 3.63) is 41.5 Å². The smallest absolute Gasteiger partial charge is 0.157 e. The molecule has 1 fully saturated rings. The van der Waals surface area contributed by atoms with Crippen LogP contribution in [0.5, 0.6) is 0 Å². The zero-order valence-corrected chi connectivity index (χ0v) is 14.8. The molecule has 0 aliphatic carbocycles. The summed E-state index contributed by atoms with van der Waals surface area (Å²) in [5.74, 6) is 1.54. The number of aryl methyl sites for hydroxylation is 2. The molecule has 1 saturated heterocycles. The van der Waals surface area contributed by atoms with Crippen LogP contribution in [0, 0.1) is 13.8 Å². The second-order valence-electron chi connectivity index (χ2n) is 7.06. The van der Waals surface area contributed by atoms with Gasteiger partial charge in [-0.15, -0.1) is 0 Å². The molecule has 6 heteroatoms. The normalized spacial score (nSPS) is 18.2. The molecule has 0 unspecified atom stereocenters. The summed E-state index contributed by atoms with van der Waals surface area (Å²) in [5, 5.41) is 9.15. The van der Waals surface area contributed by atoms with Gasteiger partial charge in [0.1, 0.15) is 5.82 Å². The zero-order chi connectivity index (χ0) is 16.8. The van der Waals surface area contributed by atoms with Crippen LogP contribution >= 0.6 is 0 Å². The first-order chi connectivity index (χ1) is 11.5. The minimum Gasteiger partial charge on any atom is -0.354 e. The van der Waals surface area contributed by atoms with Crippen molar-refractivity contribution >= 4 is 11.5 Å². The third-order valence-electron chi connectivity index (χ3n) is 4.83. The van der Waals surface area contributed by atoms with Gasteiger partial charge in [-0.05, 0) is 32.3 Å². The molecule has 0 spiro atoms. The lowest BCUT2D eigenvalue weighted by Gasteiger charge is -2.21. The summed E-state index contributed by atoms with van der Waals surface area (Å²) < 4.78 is 4.13. The molecular formula is C18H24N6. The standard InChI is InChI=1S/C18H24N6/c1-12(2)16-10-18(24-17(20-16)5-7-19-24)22-8-6-15(11-22)23-14(4)9-13(3)21-23/h5,7,9-10,12,15H,6,8,11H2,1-4H3/t15-/m0/s1. The van der Waals surface area contributed by atoms with Crippen molar-refractivity contribution in [2.75, 3.05) is 18.0 Å². The summed E-state index contributed by atoms with van der Waals surface area (Å²) in [6.07, 6.45) is 2.93. The van der Waals surface area contributed by atoms with Gasteiger partial charge in [0, 0.05) is 36.6 Å². The molecule has 1 aliphatic rings. The fourth-order valence-corrected chi connectivity index (χ4v) is 3.60. The first kappa shape index (κ1) is 15.2. The van der Waals surface area contributed by atoms with Gasteiger partial charge in [0.2, 0.25) is 0 Å². The third kappa shape index (κ3) is 2.46. The topological polar surface area (TPSA) is 51.2 Å². The van der Waals surface area contributed by atoms with Gasteiger partial charge in [-0.3, -0.25) is 4.68 Å². The van der Waals surface area contributed by atoms with Crippen molar-refractivity contribution in [2.45, 2.75) is 46.1 Å². The van der Waals surface area contributed by atoms with Crippen LogP contribution in [0.3, 0.4) is 0 Å². The number of aromatic nitrogens is 5. The molecule has 0 saturated carbocycles. The molecule has 0 radical (unpaired) electrons. The SMILES string of the molecule is Cc1cc(C)n([C@H]2CCN(c3cc(C(C)C)nc4ccnn34)C2)n1. The number of nitrogens with zero attached hydrogens (tertiary/aromatic N) is 6. The summed E-state index contributed by atoms with van der Waals surface area (Å²) in [6, 6.07) is 6.73. The maximum absolute atomic E-state index is 4.72. The van der Waals surface area contributed by atoms with E-state index in [9.17, 15) is 0 Å². The lowest BCUT2D eigenvalue weighted by Crippen LogP contribution is -2.24. The molecule has 1 atom stereocenters. The number of hydrogen-bond acceptors (Lipinski definition) is 4. The molecule has 3 aromatic rings. The molecule has 4 rings (SSSR count). The molecular weight excluding hydrogens is 300 g/mol. The van der Waals surface area contributed by atoms with E-state index in [-0.39, 0.29) is 0 Å². The average Bonchev–Trinajstić information content (AvgIpc) is 3.25. The van der Waals surface area contributed by atoms with Crippen LogP contribution in [0.25, 0.3) is 5.65 Å². The van der Waals surface area contributed by atoms with Gasteiger partial charge in [-0.25, -0.2) is 4.98 Å². The van der Waals surface area contributed by atoms with Crippen LogP contribution in [0.15, 0.2) is 24.4 Å². The zero-order valence-electron chi connectivity index (χ0n) is 14.8. The summed E-state index contributed by atoms with van der Waals surface area (Å²) in [7, 11) is 0. The predicted molar refractivity (Wildman–Crippen MR) is 94.6 cm³/mol. The molecule has 4 heterocycles. The van der Waals surface area contributed by atoms with Crippen molar-refractivity contribution in [1.29, 1.82) is 0 Å². The number of fused-ring (bicyclic) bond motifs is 1. The lowest BCUT2D eigenvalue weighted by molar-refractivity contribution is 0.480. The Hall–Kier alpha value is -2.37. The Balaban J connectivity index is 1.68. The fraction of sp³-hybridized carbons (Fsp3) is 0.500. The Bertz CT molecular complexity index is 875. The van der Waals surface area contributed by atoms with Gasteiger partial charge >= 0.3 is 0 Å². The van der Waals surface area contributed by atoms with E-state index in [1.807, 2.05) is 16.8 Å². The van der Waals surface area contributed by atoms with Gasteiger partial charge in [-0.2, -0.15) is 14.7 Å². The van der Waals surface area contributed by atoms with Crippen LogP contribution in [0.4, 0.5) is 5.82 Å². The maximum Gasteiger partial charge on any atom is 0.157 e. The van der Waals surface area contributed by atoms with Gasteiger partial charge in [0.25, 0.3) is 0 Å². The van der Waals surface area contributed by atoms with Crippen molar-refractivity contribution in [3.63, 3.8) is 0 Å². The van der Waals surface area contributed by atoms with Crippen LogP contribution < -0.4 is 4.90 Å². The van der Waals surface area contributed by atoms with E-state index >= 15 is 0 Å². The van der Waals surface area contributed by atoms with E-state index in [1.165, 1.54) is 5.69 Å². The van der Waals surface area contributed by atoms with Crippen LogP contribution in [0.2, 0.25) is 0 Å². The predicted octanol–water partition coefficient (Wildman–Crippen LogP) is 3.12. The number of rotatable bonds is 3. The van der Waals surface area contributed by atoms with Gasteiger partial charge in [0.05, 0.1) is 17.9 Å². The molecule has 0 N–H and O–H groups in total. The molecule has 1 aliphatic heterocycles. The Kier molecular flexibility index (Phi) is 3.55. The largest absolute Gasteiger partial charge is 0.354 e. The average molecular weight is 324 g/mol. The summed E-state index contributed by atoms with van der Waals surface area (Å²) in [5.41, 5.74) is 4.37. The third-order valence-corrected chi connectivity index (χ3v) is 4.83. The lowest BCUT2D eigenvalue weighted by atomic mass is 10.1. The molecule has 6 nitrogen and oxygen atoms in total. The molecule has 0 amide bonds. The van der Waals surface area contributed by atoms with Crippen molar-refractivity contribution in [2.24, 2.45) is 0 Å². The van der Waals surface area contributed by atoms with Crippen molar-refractivity contribution < 1.29 is 0 Å². The second-order valence-corrected chi connectivity index (χ2v) is 7.06. The minimum atomic E-state index is 0.401. The Morgan fingerprint density at radius 1 is 1.21 bits per heavy atom. The van der Waals surface area contributed by atoms with Crippen LogP contribution in [-0.2, 0) is 0 Å². The van der Waals surface area contributed by atoms with Crippen molar-refractivity contribution in [3.8, 4) is 0 Å². The first-order valence-corrected chi connectivity index (χ1v) is 8.65. The van der Waals surface area contributed by atoms with E-state index in [0.29, 0.717) is 12.0 Å². The Morgan fingerprint density at radius 3 is 2.75 bits per heavy atom. The van der Waals surface area contributed by atoms with Crippen molar-refractivity contribution in [1.82, 2.24) is 24.4 Å². The monoisotopic (exact) mass is 324 g/mol. The molecule has 0 bridgehead atoms. The highest BCUT2D eigenvalue weighted by Gasteiger charge is 2.28. The van der Waals surface area contributed by atoms with Gasteiger partial charge in [0.15, 0.2) is 5.65 Å². The highest BCUT2D eigenvalue weighted by atomic mass is 15.4. The number of hydrogen-bond donors (Lipinski definition) is 0. The van der Waals surface area contributed by atoms with Crippen LogP contribution in [0.1, 0.15) is 49.3 Å². The molecule has 126 valence electrons. The molecule has 3 aromatic heterocycles. The molecule has 24 heavy (non-hydrogen) atoms. The van der Waals surface area contributed by atoms with E-state index in [1.54, 1.807) is 0 Å².